The van der Waals surface area contributed by atoms with Crippen molar-refractivity contribution in [1.29, 1.82) is 0 Å². The number of rotatable bonds is 3. The molecule has 0 atom stereocenters. The smallest absolute Gasteiger partial charge is 0.177 e. The number of hydrogen-bond donors (Lipinski definition) is 0. The third-order valence-electron chi connectivity index (χ3n) is 4.04. The summed E-state index contributed by atoms with van der Waals surface area (Å²) in [6.07, 6.45) is 3.49. The highest BCUT2D eigenvalue weighted by atomic mass is 19.1. The lowest BCUT2D eigenvalue weighted by Crippen LogP contribution is -1.98. The van der Waals surface area contributed by atoms with Crippen LogP contribution in [0.25, 0.3) is 22.3 Å². The van der Waals surface area contributed by atoms with Gasteiger partial charge in [0.25, 0.3) is 0 Å². The van der Waals surface area contributed by atoms with E-state index in [0.29, 0.717) is 12.2 Å². The number of benzene rings is 1. The summed E-state index contributed by atoms with van der Waals surface area (Å²) in [7, 11) is 0. The van der Waals surface area contributed by atoms with Crippen molar-refractivity contribution in [1.82, 2.24) is 19.7 Å². The molecule has 0 aliphatic carbocycles. The largest absolute Gasteiger partial charge is 0.361 e. The van der Waals surface area contributed by atoms with E-state index in [9.17, 15) is 4.39 Å². The summed E-state index contributed by atoms with van der Waals surface area (Å²) in [4.78, 5) is 8.75. The van der Waals surface area contributed by atoms with Gasteiger partial charge in [0.2, 0.25) is 0 Å². The Balaban J connectivity index is 1.79. The molecule has 4 rings (SSSR count). The van der Waals surface area contributed by atoms with Crippen molar-refractivity contribution < 1.29 is 8.91 Å². The molecule has 3 aromatic heterocycles. The zero-order valence-electron chi connectivity index (χ0n) is 13.3. The zero-order valence-corrected chi connectivity index (χ0v) is 13.3. The second-order valence-corrected chi connectivity index (χ2v) is 5.77. The minimum Gasteiger partial charge on any atom is -0.361 e. The highest BCUT2D eigenvalue weighted by Gasteiger charge is 2.14. The van der Waals surface area contributed by atoms with Gasteiger partial charge in [-0.15, -0.1) is 0 Å². The molecular formula is C18H15FN4O. The molecule has 0 radical (unpaired) electrons. The van der Waals surface area contributed by atoms with E-state index < -0.39 is 0 Å². The van der Waals surface area contributed by atoms with Gasteiger partial charge >= 0.3 is 0 Å². The predicted molar refractivity (Wildman–Crippen MR) is 88.0 cm³/mol. The first-order valence-corrected chi connectivity index (χ1v) is 7.60. The Hall–Kier alpha value is -3.02. The lowest BCUT2D eigenvalue weighted by atomic mass is 10.1. The summed E-state index contributed by atoms with van der Waals surface area (Å²) >= 11 is 0. The summed E-state index contributed by atoms with van der Waals surface area (Å²) < 4.78 is 20.6. The third kappa shape index (κ3) is 2.46. The van der Waals surface area contributed by atoms with Gasteiger partial charge in [-0.1, -0.05) is 17.3 Å². The highest BCUT2D eigenvalue weighted by molar-refractivity contribution is 5.79. The van der Waals surface area contributed by atoms with Crippen LogP contribution in [0, 0.1) is 19.7 Å². The van der Waals surface area contributed by atoms with E-state index in [0.717, 1.165) is 33.7 Å². The standard InChI is InChI=1S/C18H15FN4O/c1-11-17(12(2)24-22-11)14-7-16-18(20-8-14)21-10-23(16)9-13-4-3-5-15(19)6-13/h3-8,10H,9H2,1-2H3. The molecule has 0 saturated carbocycles. The van der Waals surface area contributed by atoms with Crippen LogP contribution in [0.1, 0.15) is 17.0 Å². The van der Waals surface area contributed by atoms with Gasteiger partial charge in [-0.05, 0) is 37.6 Å². The van der Waals surface area contributed by atoms with Crippen LogP contribution in [0.4, 0.5) is 4.39 Å². The monoisotopic (exact) mass is 322 g/mol. The molecule has 0 unspecified atom stereocenters. The lowest BCUT2D eigenvalue weighted by molar-refractivity contribution is 0.393. The lowest BCUT2D eigenvalue weighted by Gasteiger charge is -2.06. The van der Waals surface area contributed by atoms with Gasteiger partial charge in [0.15, 0.2) is 5.65 Å². The maximum absolute atomic E-state index is 13.4. The molecule has 0 N–H and O–H groups in total. The fourth-order valence-corrected chi connectivity index (χ4v) is 2.93. The molecule has 24 heavy (non-hydrogen) atoms. The second kappa shape index (κ2) is 5.56. The maximum atomic E-state index is 13.4. The molecule has 4 aromatic rings. The highest BCUT2D eigenvalue weighted by Crippen LogP contribution is 2.28. The summed E-state index contributed by atoms with van der Waals surface area (Å²) in [6, 6.07) is 8.57. The second-order valence-electron chi connectivity index (χ2n) is 5.77. The SMILES string of the molecule is Cc1noc(C)c1-c1cnc2ncn(Cc3cccc(F)c3)c2c1. The van der Waals surface area contributed by atoms with Crippen LogP contribution in [-0.2, 0) is 6.54 Å². The van der Waals surface area contributed by atoms with E-state index in [1.165, 1.54) is 12.1 Å². The van der Waals surface area contributed by atoms with Gasteiger partial charge in [-0.2, -0.15) is 0 Å². The van der Waals surface area contributed by atoms with E-state index >= 15 is 0 Å². The number of fused-ring (bicyclic) bond motifs is 1. The van der Waals surface area contributed by atoms with Crippen molar-refractivity contribution in [3.8, 4) is 11.1 Å². The van der Waals surface area contributed by atoms with E-state index in [1.807, 2.05) is 30.5 Å². The molecule has 120 valence electrons. The molecule has 0 fully saturated rings. The summed E-state index contributed by atoms with van der Waals surface area (Å²) in [5.74, 6) is 0.510. The normalized spacial score (nSPS) is 11.3. The number of hydrogen-bond acceptors (Lipinski definition) is 4. The average molecular weight is 322 g/mol. The Morgan fingerprint density at radius 3 is 2.79 bits per heavy atom. The first kappa shape index (κ1) is 14.6. The van der Waals surface area contributed by atoms with Crippen molar-refractivity contribution >= 4 is 11.2 Å². The van der Waals surface area contributed by atoms with Crippen molar-refractivity contribution in [3.05, 3.63) is 65.7 Å². The Bertz CT molecular complexity index is 1020. The fourth-order valence-electron chi connectivity index (χ4n) is 2.93. The van der Waals surface area contributed by atoms with Gasteiger partial charge in [0.05, 0.1) is 17.5 Å². The van der Waals surface area contributed by atoms with E-state index in [2.05, 4.69) is 15.1 Å². The van der Waals surface area contributed by atoms with Crippen LogP contribution in [-0.4, -0.2) is 19.7 Å². The van der Waals surface area contributed by atoms with E-state index in [4.69, 9.17) is 4.52 Å². The summed E-state index contributed by atoms with van der Waals surface area (Å²) in [5.41, 5.74) is 5.11. The molecule has 0 saturated heterocycles. The van der Waals surface area contributed by atoms with Crippen molar-refractivity contribution in [2.45, 2.75) is 20.4 Å². The number of aromatic nitrogens is 4. The maximum Gasteiger partial charge on any atom is 0.177 e. The van der Waals surface area contributed by atoms with Crippen LogP contribution in [0.15, 0.2) is 47.4 Å². The molecule has 0 aliphatic heterocycles. The zero-order chi connectivity index (χ0) is 16.7. The summed E-state index contributed by atoms with van der Waals surface area (Å²) in [6.45, 7) is 4.31. The van der Waals surface area contributed by atoms with Crippen LogP contribution in [0.5, 0.6) is 0 Å². The first-order chi connectivity index (χ1) is 11.6. The molecule has 0 spiro atoms. The number of imidazole rings is 1. The topological polar surface area (TPSA) is 56.7 Å². The Morgan fingerprint density at radius 2 is 2.04 bits per heavy atom. The number of nitrogens with zero attached hydrogens (tertiary/aromatic N) is 4. The van der Waals surface area contributed by atoms with Gasteiger partial charge in [0, 0.05) is 23.9 Å². The molecular weight excluding hydrogens is 307 g/mol. The van der Waals surface area contributed by atoms with E-state index in [1.54, 1.807) is 18.6 Å². The molecule has 0 amide bonds. The van der Waals surface area contributed by atoms with Gasteiger partial charge in [-0.3, -0.25) is 0 Å². The molecule has 6 heteroatoms. The quantitative estimate of drug-likeness (QED) is 0.574. The number of pyridine rings is 1. The molecule has 5 nitrogen and oxygen atoms in total. The molecule has 0 bridgehead atoms. The van der Waals surface area contributed by atoms with Crippen LogP contribution in [0.3, 0.4) is 0 Å². The Labute approximate surface area is 137 Å². The molecule has 0 aliphatic rings. The van der Waals surface area contributed by atoms with Gasteiger partial charge < -0.3 is 9.09 Å². The van der Waals surface area contributed by atoms with Gasteiger partial charge in [-0.25, -0.2) is 14.4 Å². The van der Waals surface area contributed by atoms with E-state index in [-0.39, 0.29) is 5.82 Å². The van der Waals surface area contributed by atoms with Crippen LogP contribution < -0.4 is 0 Å². The molecule has 1 aromatic carbocycles. The number of aryl methyl sites for hydroxylation is 2. The fraction of sp³-hybridized carbons (Fsp3) is 0.167. The van der Waals surface area contributed by atoms with Crippen molar-refractivity contribution in [2.24, 2.45) is 0 Å². The van der Waals surface area contributed by atoms with Gasteiger partial charge in [0.1, 0.15) is 11.6 Å². The Morgan fingerprint density at radius 1 is 1.17 bits per heavy atom. The molecule has 3 heterocycles. The number of halogens is 1. The first-order valence-electron chi connectivity index (χ1n) is 7.60. The van der Waals surface area contributed by atoms with Crippen molar-refractivity contribution in [3.63, 3.8) is 0 Å². The predicted octanol–water partition coefficient (Wildman–Crippen LogP) is 3.89. The third-order valence-corrected chi connectivity index (χ3v) is 4.04. The average Bonchev–Trinajstić information content (AvgIpc) is 3.11. The minimum absolute atomic E-state index is 0.244. The van der Waals surface area contributed by atoms with Crippen molar-refractivity contribution in [2.75, 3.05) is 0 Å². The summed E-state index contributed by atoms with van der Waals surface area (Å²) in [5, 5.41) is 3.99. The Kier molecular flexibility index (Phi) is 3.37. The van der Waals surface area contributed by atoms with Crippen LogP contribution >= 0.6 is 0 Å². The minimum atomic E-state index is -0.244. The van der Waals surface area contributed by atoms with Crippen LogP contribution in [0.2, 0.25) is 0 Å².